The predicted molar refractivity (Wildman–Crippen MR) is 90.5 cm³/mol. The van der Waals surface area contributed by atoms with Gasteiger partial charge in [0.2, 0.25) is 5.91 Å². The monoisotopic (exact) mass is 314 g/mol. The maximum Gasteiger partial charge on any atom is 0.225 e. The van der Waals surface area contributed by atoms with Gasteiger partial charge in [-0.25, -0.2) is 0 Å². The van der Waals surface area contributed by atoms with Crippen LogP contribution in [0.25, 0.3) is 10.8 Å². The van der Waals surface area contributed by atoms with Crippen molar-refractivity contribution >= 4 is 34.0 Å². The number of fused-ring (bicyclic) bond motifs is 1. The highest BCUT2D eigenvalue weighted by Crippen LogP contribution is 2.33. The van der Waals surface area contributed by atoms with Crippen LogP contribution in [0.5, 0.6) is 0 Å². The van der Waals surface area contributed by atoms with E-state index in [-0.39, 0.29) is 0 Å². The van der Waals surface area contributed by atoms with Crippen LogP contribution in [0.4, 0.5) is 5.69 Å². The van der Waals surface area contributed by atoms with Crippen molar-refractivity contribution in [3.05, 3.63) is 41.4 Å². The van der Waals surface area contributed by atoms with Crippen LogP contribution in [0.2, 0.25) is 5.02 Å². The normalized spacial score (nSPS) is 18.8. The molecule has 0 bridgehead atoms. The molecule has 1 saturated heterocycles. The molecule has 0 radical (unpaired) electrons. The number of hydrogen-bond donors (Lipinski definition) is 0. The molecule has 0 spiro atoms. The van der Waals surface area contributed by atoms with E-state index >= 15 is 0 Å². The topological polar surface area (TPSA) is 23.6 Å². The molecule has 2 fully saturated rings. The summed E-state index contributed by atoms with van der Waals surface area (Å²) in [7, 11) is 0. The summed E-state index contributed by atoms with van der Waals surface area (Å²) in [6, 6.07) is 12.4. The van der Waals surface area contributed by atoms with E-state index in [2.05, 4.69) is 29.2 Å². The lowest BCUT2D eigenvalue weighted by molar-refractivity contribution is -0.132. The number of benzene rings is 2. The summed E-state index contributed by atoms with van der Waals surface area (Å²) >= 11 is 6.09. The lowest BCUT2D eigenvalue weighted by atomic mass is 10.1. The zero-order valence-electron chi connectivity index (χ0n) is 12.5. The second-order valence-corrected chi connectivity index (χ2v) is 6.67. The van der Waals surface area contributed by atoms with Gasteiger partial charge in [0.15, 0.2) is 0 Å². The van der Waals surface area contributed by atoms with E-state index in [4.69, 9.17) is 11.6 Å². The second-order valence-electron chi connectivity index (χ2n) is 6.23. The SMILES string of the molecule is O=C(C1CC1)N1CCN(c2cccc3cc(Cl)ccc23)CC1. The second kappa shape index (κ2) is 5.47. The Balaban J connectivity index is 1.55. The molecule has 1 aliphatic carbocycles. The van der Waals surface area contributed by atoms with Crippen molar-refractivity contribution in [1.29, 1.82) is 0 Å². The fourth-order valence-corrected chi connectivity index (χ4v) is 3.45. The van der Waals surface area contributed by atoms with Crippen LogP contribution < -0.4 is 4.90 Å². The molecule has 0 atom stereocenters. The number of rotatable bonds is 2. The largest absolute Gasteiger partial charge is 0.367 e. The van der Waals surface area contributed by atoms with Gasteiger partial charge in [-0.15, -0.1) is 0 Å². The summed E-state index contributed by atoms with van der Waals surface area (Å²) in [5.74, 6) is 0.690. The molecule has 1 saturated carbocycles. The van der Waals surface area contributed by atoms with E-state index in [9.17, 15) is 4.79 Å². The quantitative estimate of drug-likeness (QED) is 0.846. The van der Waals surface area contributed by atoms with Crippen LogP contribution in [-0.4, -0.2) is 37.0 Å². The summed E-state index contributed by atoms with van der Waals surface area (Å²) in [5.41, 5.74) is 1.24. The average Bonchev–Trinajstić information content (AvgIpc) is 3.38. The lowest BCUT2D eigenvalue weighted by Gasteiger charge is -2.36. The van der Waals surface area contributed by atoms with Crippen molar-refractivity contribution in [2.24, 2.45) is 5.92 Å². The predicted octanol–water partition coefficient (Wildman–Crippen LogP) is 3.55. The van der Waals surface area contributed by atoms with Gasteiger partial charge in [-0.05, 0) is 36.4 Å². The number of carbonyl (C=O) groups excluding carboxylic acids is 1. The Bertz CT molecular complexity index is 718. The van der Waals surface area contributed by atoms with Crippen molar-refractivity contribution in [1.82, 2.24) is 4.90 Å². The molecule has 3 nitrogen and oxygen atoms in total. The average molecular weight is 315 g/mol. The number of amides is 1. The van der Waals surface area contributed by atoms with Crippen molar-refractivity contribution in [2.45, 2.75) is 12.8 Å². The zero-order valence-corrected chi connectivity index (χ0v) is 13.2. The lowest BCUT2D eigenvalue weighted by Crippen LogP contribution is -2.49. The standard InChI is InChI=1S/C18H19ClN2O/c19-15-6-7-16-14(12-15)2-1-3-17(16)20-8-10-21(11-9-20)18(22)13-4-5-13/h1-3,6-7,12-13H,4-5,8-11H2. The van der Waals surface area contributed by atoms with E-state index in [1.54, 1.807) is 0 Å². The first-order valence-electron chi connectivity index (χ1n) is 7.94. The minimum absolute atomic E-state index is 0.325. The highest BCUT2D eigenvalue weighted by Gasteiger charge is 2.34. The minimum atomic E-state index is 0.325. The number of anilines is 1. The van der Waals surface area contributed by atoms with Gasteiger partial charge in [0.1, 0.15) is 0 Å². The molecule has 0 N–H and O–H groups in total. The van der Waals surface area contributed by atoms with Crippen molar-refractivity contribution in [3.8, 4) is 0 Å². The van der Waals surface area contributed by atoms with Crippen molar-refractivity contribution < 1.29 is 4.79 Å². The molecule has 1 amide bonds. The van der Waals surface area contributed by atoms with E-state index in [0.29, 0.717) is 11.8 Å². The summed E-state index contributed by atoms with van der Waals surface area (Å²) in [6.45, 7) is 3.47. The molecule has 22 heavy (non-hydrogen) atoms. The molecule has 2 aliphatic rings. The van der Waals surface area contributed by atoms with Gasteiger partial charge in [-0.3, -0.25) is 4.79 Å². The van der Waals surface area contributed by atoms with Crippen LogP contribution in [-0.2, 0) is 4.79 Å². The van der Waals surface area contributed by atoms with Crippen molar-refractivity contribution in [2.75, 3.05) is 31.1 Å². The molecular weight excluding hydrogens is 296 g/mol. The van der Waals surface area contributed by atoms with E-state index in [1.807, 2.05) is 17.0 Å². The van der Waals surface area contributed by atoms with Crippen LogP contribution in [0.15, 0.2) is 36.4 Å². The molecule has 4 rings (SSSR count). The zero-order chi connectivity index (χ0) is 15.1. The first-order chi connectivity index (χ1) is 10.7. The van der Waals surface area contributed by atoms with Gasteiger partial charge in [0, 0.05) is 48.2 Å². The summed E-state index contributed by atoms with van der Waals surface area (Å²) in [4.78, 5) is 16.6. The Kier molecular flexibility index (Phi) is 3.45. The Morgan fingerprint density at radius 1 is 1.05 bits per heavy atom. The first kappa shape index (κ1) is 13.9. The first-order valence-corrected chi connectivity index (χ1v) is 8.32. The third kappa shape index (κ3) is 2.54. The number of halogens is 1. The number of carbonyl (C=O) groups is 1. The Labute approximate surface area is 135 Å². The fraction of sp³-hybridized carbons (Fsp3) is 0.389. The molecule has 114 valence electrons. The molecule has 4 heteroatoms. The molecular formula is C18H19ClN2O. The smallest absolute Gasteiger partial charge is 0.225 e. The molecule has 2 aromatic rings. The van der Waals surface area contributed by atoms with E-state index < -0.39 is 0 Å². The highest BCUT2D eigenvalue weighted by atomic mass is 35.5. The van der Waals surface area contributed by atoms with Crippen LogP contribution in [0.1, 0.15) is 12.8 Å². The maximum absolute atomic E-state index is 12.1. The molecule has 0 unspecified atom stereocenters. The minimum Gasteiger partial charge on any atom is -0.367 e. The molecule has 0 aromatic heterocycles. The molecule has 1 aliphatic heterocycles. The third-order valence-corrected chi connectivity index (χ3v) is 4.91. The van der Waals surface area contributed by atoms with Crippen LogP contribution in [0, 0.1) is 5.92 Å². The maximum atomic E-state index is 12.1. The van der Waals surface area contributed by atoms with E-state index in [0.717, 1.165) is 44.0 Å². The number of hydrogen-bond acceptors (Lipinski definition) is 2. The van der Waals surface area contributed by atoms with Crippen LogP contribution >= 0.6 is 11.6 Å². The highest BCUT2D eigenvalue weighted by molar-refractivity contribution is 6.31. The number of piperazine rings is 1. The van der Waals surface area contributed by atoms with E-state index in [1.165, 1.54) is 16.5 Å². The summed E-state index contributed by atoms with van der Waals surface area (Å²) in [5, 5.41) is 3.17. The van der Waals surface area contributed by atoms with Gasteiger partial charge < -0.3 is 9.80 Å². The van der Waals surface area contributed by atoms with Gasteiger partial charge in [0.25, 0.3) is 0 Å². The fourth-order valence-electron chi connectivity index (χ4n) is 3.27. The Morgan fingerprint density at radius 2 is 1.82 bits per heavy atom. The van der Waals surface area contributed by atoms with Crippen molar-refractivity contribution in [3.63, 3.8) is 0 Å². The van der Waals surface area contributed by atoms with Gasteiger partial charge >= 0.3 is 0 Å². The Morgan fingerprint density at radius 3 is 2.55 bits per heavy atom. The van der Waals surface area contributed by atoms with Crippen LogP contribution in [0.3, 0.4) is 0 Å². The number of nitrogens with zero attached hydrogens (tertiary/aromatic N) is 2. The summed E-state index contributed by atoms with van der Waals surface area (Å²) in [6.07, 6.45) is 2.17. The van der Waals surface area contributed by atoms with Gasteiger partial charge in [0.05, 0.1) is 0 Å². The molecule has 1 heterocycles. The molecule has 2 aromatic carbocycles. The third-order valence-electron chi connectivity index (χ3n) is 4.68. The van der Waals surface area contributed by atoms with Gasteiger partial charge in [-0.1, -0.05) is 29.8 Å². The summed E-state index contributed by atoms with van der Waals surface area (Å²) < 4.78 is 0. The Hall–Kier alpha value is -1.74. The van der Waals surface area contributed by atoms with Gasteiger partial charge in [-0.2, -0.15) is 0 Å².